The second-order valence-corrected chi connectivity index (χ2v) is 2.90. The fraction of sp³-hybridized carbons (Fsp3) is 0.143. The normalized spacial score (nSPS) is 9.62. The molecule has 0 bridgehead atoms. The summed E-state index contributed by atoms with van der Waals surface area (Å²) < 4.78 is 5.09. The van der Waals surface area contributed by atoms with Crippen molar-refractivity contribution in [2.45, 2.75) is 0 Å². The highest BCUT2D eigenvalue weighted by atomic mass is 79.9. The van der Waals surface area contributed by atoms with Crippen LogP contribution in [0.4, 0.5) is 0 Å². The van der Waals surface area contributed by atoms with E-state index in [1.807, 2.05) is 0 Å². The predicted molar refractivity (Wildman–Crippen MR) is 46.4 cm³/mol. The van der Waals surface area contributed by atoms with Gasteiger partial charge in [-0.3, -0.25) is 9.59 Å². The molecule has 0 saturated carbocycles. The van der Waals surface area contributed by atoms with E-state index in [2.05, 4.69) is 21.2 Å². The number of carbonyl (C=O) groups excluding carboxylic acids is 1. The maximum atomic E-state index is 11.2. The smallest absolute Gasteiger partial charge is 0.322 e. The summed E-state index contributed by atoms with van der Waals surface area (Å²) in [5, 5.41) is 10.5. The fourth-order valence-electron chi connectivity index (χ4n) is 0.707. The summed E-state index contributed by atoms with van der Waals surface area (Å²) in [5.41, 5.74) is 0.279. The second kappa shape index (κ2) is 4.08. The van der Waals surface area contributed by atoms with E-state index in [1.165, 1.54) is 12.3 Å². The van der Waals surface area contributed by atoms with Crippen LogP contribution in [0.2, 0.25) is 0 Å². The first-order chi connectivity index (χ1) is 6.11. The Morgan fingerprint density at radius 1 is 1.62 bits per heavy atom. The van der Waals surface area contributed by atoms with E-state index in [4.69, 9.17) is 9.52 Å². The van der Waals surface area contributed by atoms with Gasteiger partial charge in [-0.1, -0.05) is 0 Å². The number of hydrogen-bond acceptors (Lipinski definition) is 3. The van der Waals surface area contributed by atoms with Crippen molar-refractivity contribution in [1.82, 2.24) is 5.32 Å². The highest BCUT2D eigenvalue weighted by molar-refractivity contribution is 9.10. The van der Waals surface area contributed by atoms with Gasteiger partial charge < -0.3 is 14.8 Å². The molecule has 0 atom stereocenters. The average molecular weight is 248 g/mol. The highest BCUT2D eigenvalue weighted by Gasteiger charge is 2.12. The van der Waals surface area contributed by atoms with Crippen LogP contribution in [0, 0.1) is 0 Å². The number of furan rings is 1. The third kappa shape index (κ3) is 2.59. The summed E-state index contributed by atoms with van der Waals surface area (Å²) in [4.78, 5) is 21.3. The van der Waals surface area contributed by atoms with Crippen LogP contribution < -0.4 is 5.32 Å². The van der Waals surface area contributed by atoms with E-state index in [0.717, 1.165) is 0 Å². The van der Waals surface area contributed by atoms with Gasteiger partial charge in [0.1, 0.15) is 6.54 Å². The van der Waals surface area contributed by atoms with E-state index in [1.54, 1.807) is 0 Å². The number of rotatable bonds is 3. The number of carbonyl (C=O) groups is 2. The molecule has 13 heavy (non-hydrogen) atoms. The Balaban J connectivity index is 2.59. The SMILES string of the molecule is O=C(O)CNC(=O)c1ccoc1Br. The van der Waals surface area contributed by atoms with Crippen LogP contribution in [-0.4, -0.2) is 23.5 Å². The standard InChI is InChI=1S/C7H6BrNO4/c8-6-4(1-2-13-6)7(12)9-3-5(10)11/h1-2H,3H2,(H,9,12)(H,10,11). The lowest BCUT2D eigenvalue weighted by Crippen LogP contribution is -2.29. The van der Waals surface area contributed by atoms with Crippen LogP contribution in [0.15, 0.2) is 21.4 Å². The van der Waals surface area contributed by atoms with Crippen molar-refractivity contribution in [2.24, 2.45) is 0 Å². The van der Waals surface area contributed by atoms with Crippen LogP contribution in [0.5, 0.6) is 0 Å². The van der Waals surface area contributed by atoms with Gasteiger partial charge in [-0.2, -0.15) is 0 Å². The summed E-state index contributed by atoms with van der Waals surface area (Å²) in [6, 6.07) is 1.45. The fourth-order valence-corrected chi connectivity index (χ4v) is 1.13. The molecular formula is C7H6BrNO4. The molecular weight excluding hydrogens is 242 g/mol. The molecule has 0 spiro atoms. The van der Waals surface area contributed by atoms with E-state index in [0.29, 0.717) is 0 Å². The lowest BCUT2D eigenvalue weighted by Gasteiger charge is -1.98. The van der Waals surface area contributed by atoms with E-state index >= 15 is 0 Å². The maximum absolute atomic E-state index is 11.2. The predicted octanol–water partition coefficient (Wildman–Crippen LogP) is 0.856. The molecule has 6 heteroatoms. The average Bonchev–Trinajstić information content (AvgIpc) is 2.47. The Kier molecular flexibility index (Phi) is 3.07. The number of halogens is 1. The molecule has 5 nitrogen and oxygen atoms in total. The Hall–Kier alpha value is -1.30. The van der Waals surface area contributed by atoms with E-state index in [-0.39, 0.29) is 10.2 Å². The van der Waals surface area contributed by atoms with Crippen LogP contribution in [-0.2, 0) is 4.79 Å². The third-order valence-electron chi connectivity index (χ3n) is 1.26. The molecule has 0 aliphatic heterocycles. The molecule has 0 aliphatic carbocycles. The number of carboxylic acids is 1. The summed E-state index contributed by atoms with van der Waals surface area (Å²) in [7, 11) is 0. The largest absolute Gasteiger partial charge is 0.480 e. The minimum atomic E-state index is -1.09. The van der Waals surface area contributed by atoms with Gasteiger partial charge in [0.15, 0.2) is 4.67 Å². The molecule has 0 aromatic carbocycles. The first-order valence-electron chi connectivity index (χ1n) is 3.34. The van der Waals surface area contributed by atoms with Gasteiger partial charge in [0.2, 0.25) is 0 Å². The Bertz CT molecular complexity index is 333. The molecule has 1 aromatic rings. The van der Waals surface area contributed by atoms with Crippen LogP contribution in [0.1, 0.15) is 10.4 Å². The quantitative estimate of drug-likeness (QED) is 0.831. The van der Waals surface area contributed by atoms with Crippen molar-refractivity contribution in [3.05, 3.63) is 22.6 Å². The Labute approximate surface area is 81.9 Å². The zero-order chi connectivity index (χ0) is 9.84. The highest BCUT2D eigenvalue weighted by Crippen LogP contribution is 2.16. The summed E-state index contributed by atoms with van der Waals surface area (Å²) >= 11 is 3.00. The van der Waals surface area contributed by atoms with Crippen molar-refractivity contribution < 1.29 is 19.1 Å². The molecule has 0 radical (unpaired) electrons. The number of hydrogen-bond donors (Lipinski definition) is 2. The molecule has 2 N–H and O–H groups in total. The molecule has 0 saturated heterocycles. The summed E-state index contributed by atoms with van der Waals surface area (Å²) in [5.74, 6) is -1.57. The van der Waals surface area contributed by atoms with Gasteiger partial charge in [-0.05, 0) is 22.0 Å². The van der Waals surface area contributed by atoms with Crippen LogP contribution in [0.25, 0.3) is 0 Å². The lowest BCUT2D eigenvalue weighted by atomic mass is 10.3. The van der Waals surface area contributed by atoms with E-state index in [9.17, 15) is 9.59 Å². The zero-order valence-electron chi connectivity index (χ0n) is 6.41. The van der Waals surface area contributed by atoms with Gasteiger partial charge >= 0.3 is 5.97 Å². The molecule has 1 aromatic heterocycles. The third-order valence-corrected chi connectivity index (χ3v) is 1.88. The number of carboxylic acid groups (broad SMARTS) is 1. The number of amides is 1. The number of aliphatic carboxylic acids is 1. The number of nitrogens with one attached hydrogen (secondary N) is 1. The van der Waals surface area contributed by atoms with Gasteiger partial charge in [0.05, 0.1) is 11.8 Å². The molecule has 1 rings (SSSR count). The van der Waals surface area contributed by atoms with Crippen molar-refractivity contribution >= 4 is 27.8 Å². The van der Waals surface area contributed by atoms with Crippen LogP contribution in [0.3, 0.4) is 0 Å². The molecule has 1 amide bonds. The minimum absolute atomic E-state index is 0.279. The van der Waals surface area contributed by atoms with Gasteiger partial charge in [0, 0.05) is 0 Å². The van der Waals surface area contributed by atoms with Gasteiger partial charge in [-0.15, -0.1) is 0 Å². The van der Waals surface area contributed by atoms with Crippen molar-refractivity contribution in [3.8, 4) is 0 Å². The summed E-state index contributed by atoms with van der Waals surface area (Å²) in [6.07, 6.45) is 1.33. The lowest BCUT2D eigenvalue weighted by molar-refractivity contribution is -0.135. The van der Waals surface area contributed by atoms with Crippen molar-refractivity contribution in [2.75, 3.05) is 6.54 Å². The molecule has 1 heterocycles. The Morgan fingerprint density at radius 2 is 2.31 bits per heavy atom. The zero-order valence-corrected chi connectivity index (χ0v) is 8.00. The topological polar surface area (TPSA) is 79.5 Å². The minimum Gasteiger partial charge on any atom is -0.480 e. The molecule has 0 aliphatic rings. The molecule has 0 unspecified atom stereocenters. The molecule has 0 fully saturated rings. The van der Waals surface area contributed by atoms with Gasteiger partial charge in [-0.25, -0.2) is 0 Å². The summed E-state index contributed by atoms with van der Waals surface area (Å²) in [6.45, 7) is -0.406. The second-order valence-electron chi connectivity index (χ2n) is 2.18. The van der Waals surface area contributed by atoms with E-state index < -0.39 is 18.4 Å². The first-order valence-corrected chi connectivity index (χ1v) is 4.13. The van der Waals surface area contributed by atoms with Crippen molar-refractivity contribution in [1.29, 1.82) is 0 Å². The first kappa shape index (κ1) is 9.79. The van der Waals surface area contributed by atoms with Crippen molar-refractivity contribution in [3.63, 3.8) is 0 Å². The van der Waals surface area contributed by atoms with Gasteiger partial charge in [0.25, 0.3) is 5.91 Å². The van der Waals surface area contributed by atoms with Crippen LogP contribution >= 0.6 is 15.9 Å². The Morgan fingerprint density at radius 3 is 2.77 bits per heavy atom. The monoisotopic (exact) mass is 247 g/mol. The molecule has 70 valence electrons. The maximum Gasteiger partial charge on any atom is 0.322 e.